The molecule has 2 aromatic carbocycles. The van der Waals surface area contributed by atoms with E-state index in [9.17, 15) is 14.5 Å². The second kappa shape index (κ2) is 12.3. The predicted octanol–water partition coefficient (Wildman–Crippen LogP) is 7.22. The lowest BCUT2D eigenvalue weighted by molar-refractivity contribution is -0.747. The Balaban J connectivity index is 1.26. The third kappa shape index (κ3) is 8.07. The Kier molecular flexibility index (Phi) is 8.81. The SMILES string of the molecule is CC(C)(C)c1cc(NC(=O)Nc2ccc([N+](=O)OCC(C)(C)c3cc(NC(=O)Nc4ccc(Cl)cc4)on3)cc2)no1. The van der Waals surface area contributed by atoms with E-state index >= 15 is 0 Å². The van der Waals surface area contributed by atoms with Crippen molar-refractivity contribution in [3.8, 4) is 0 Å². The topological polar surface area (TPSA) is 164 Å². The number of halogens is 1. The van der Waals surface area contributed by atoms with Crippen LogP contribution in [0.5, 0.6) is 0 Å². The van der Waals surface area contributed by atoms with Crippen LogP contribution in [0.2, 0.25) is 5.02 Å². The molecule has 0 aliphatic rings. The van der Waals surface area contributed by atoms with Crippen molar-refractivity contribution in [2.45, 2.75) is 45.4 Å². The number of amides is 4. The van der Waals surface area contributed by atoms with Crippen molar-refractivity contribution in [1.82, 2.24) is 10.3 Å². The van der Waals surface area contributed by atoms with Gasteiger partial charge in [-0.15, -0.1) is 0 Å². The van der Waals surface area contributed by atoms with Crippen LogP contribution < -0.4 is 21.3 Å². The van der Waals surface area contributed by atoms with E-state index in [-0.39, 0.29) is 29.4 Å². The molecule has 2 aromatic heterocycles. The largest absolute Gasteiger partial charge is 0.359 e. The lowest BCUT2D eigenvalue weighted by Crippen LogP contribution is -2.26. The molecule has 0 unspecified atom stereocenters. The Morgan fingerprint density at radius 2 is 1.43 bits per heavy atom. The highest BCUT2D eigenvalue weighted by Gasteiger charge is 2.31. The summed E-state index contributed by atoms with van der Waals surface area (Å²) in [6.45, 7) is 9.48. The molecule has 0 saturated heterocycles. The van der Waals surface area contributed by atoms with Gasteiger partial charge in [-0.05, 0) is 36.4 Å². The number of aromatic nitrogens is 2. The van der Waals surface area contributed by atoms with E-state index in [4.69, 9.17) is 25.5 Å². The summed E-state index contributed by atoms with van der Waals surface area (Å²) in [5.41, 5.74) is 0.690. The molecule has 0 spiro atoms. The van der Waals surface area contributed by atoms with Crippen LogP contribution in [0.3, 0.4) is 0 Å². The van der Waals surface area contributed by atoms with Crippen LogP contribution >= 0.6 is 11.6 Å². The number of anilines is 4. The molecule has 13 nitrogen and oxygen atoms in total. The van der Waals surface area contributed by atoms with Gasteiger partial charge >= 0.3 is 17.7 Å². The number of carbonyl (C=O) groups is 2. The highest BCUT2D eigenvalue weighted by Crippen LogP contribution is 2.27. The maximum atomic E-state index is 12.6. The van der Waals surface area contributed by atoms with Crippen molar-refractivity contribution in [3.05, 3.63) is 82.0 Å². The summed E-state index contributed by atoms with van der Waals surface area (Å²) in [6, 6.07) is 14.9. The Morgan fingerprint density at radius 1 is 0.833 bits per heavy atom. The lowest BCUT2D eigenvalue weighted by atomic mass is 9.91. The highest BCUT2D eigenvalue weighted by atomic mass is 35.5. The van der Waals surface area contributed by atoms with Crippen molar-refractivity contribution in [2.75, 3.05) is 27.9 Å². The fraction of sp³-hybridized carbons (Fsp3) is 0.286. The summed E-state index contributed by atoms with van der Waals surface area (Å²) in [6.07, 6.45) is 0. The van der Waals surface area contributed by atoms with Gasteiger partial charge < -0.3 is 19.7 Å². The first kappa shape index (κ1) is 30.1. The molecule has 4 rings (SSSR count). The first-order valence-corrected chi connectivity index (χ1v) is 13.2. The standard InChI is InChI=1S/C28H30ClN7O6/c1-27(2,3)22-15-23(35-41-22)32-25(37)30-19-10-12-20(13-11-19)36(39)40-16-28(4,5)21-14-24(42-34-21)33-26(38)31-18-8-6-17(29)7-9-18/h6-15H,16H2,1-5H3,(H3-,30,31,32,33,34,35,37,38,39)/p+1. The minimum atomic E-state index is -0.744. The van der Waals surface area contributed by atoms with Gasteiger partial charge in [-0.1, -0.05) is 56.5 Å². The third-order valence-corrected chi connectivity index (χ3v) is 6.16. The van der Waals surface area contributed by atoms with E-state index in [0.717, 1.165) is 0 Å². The van der Waals surface area contributed by atoms with Gasteiger partial charge in [0.1, 0.15) is 5.76 Å². The number of nitrogens with one attached hydrogen (secondary N) is 4. The molecule has 0 fully saturated rings. The average Bonchev–Trinajstić information content (AvgIpc) is 3.59. The van der Waals surface area contributed by atoms with E-state index in [0.29, 0.717) is 32.8 Å². The van der Waals surface area contributed by atoms with Crippen LogP contribution in [-0.4, -0.2) is 33.9 Å². The molecule has 220 valence electrons. The first-order chi connectivity index (χ1) is 19.8. The molecule has 0 saturated carbocycles. The van der Waals surface area contributed by atoms with E-state index in [1.54, 1.807) is 62.4 Å². The molecule has 0 atom stereocenters. The summed E-state index contributed by atoms with van der Waals surface area (Å²) in [5, 5.41) is 18.9. The van der Waals surface area contributed by atoms with Crippen molar-refractivity contribution in [1.29, 1.82) is 0 Å². The summed E-state index contributed by atoms with van der Waals surface area (Å²) in [5.74, 6) is 1.04. The molecular weight excluding hydrogens is 566 g/mol. The maximum Gasteiger partial charge on any atom is 0.326 e. The average molecular weight is 597 g/mol. The van der Waals surface area contributed by atoms with Crippen LogP contribution in [0.1, 0.15) is 46.1 Å². The number of benzene rings is 2. The summed E-state index contributed by atoms with van der Waals surface area (Å²) < 4.78 is 10.5. The van der Waals surface area contributed by atoms with E-state index in [1.165, 1.54) is 12.1 Å². The number of nitrogens with zero attached hydrogens (tertiary/aromatic N) is 3. The van der Waals surface area contributed by atoms with Crippen molar-refractivity contribution < 1.29 is 28.4 Å². The molecule has 2 heterocycles. The van der Waals surface area contributed by atoms with Gasteiger partial charge in [-0.2, -0.15) is 0 Å². The Bertz CT molecular complexity index is 1560. The normalized spacial score (nSPS) is 11.5. The number of hydrogen-bond acceptors (Lipinski definition) is 8. The molecule has 0 bridgehead atoms. The molecule has 4 amide bonds. The number of carbonyl (C=O) groups excluding carboxylic acids is 2. The van der Waals surface area contributed by atoms with Gasteiger partial charge in [0.2, 0.25) is 5.88 Å². The molecule has 4 N–H and O–H groups in total. The number of hydrogen-bond donors (Lipinski definition) is 4. The van der Waals surface area contributed by atoms with Gasteiger partial charge in [-0.3, -0.25) is 10.6 Å². The molecule has 0 aliphatic carbocycles. The molecule has 14 heteroatoms. The predicted molar refractivity (Wildman–Crippen MR) is 157 cm³/mol. The van der Waals surface area contributed by atoms with Crippen LogP contribution in [-0.2, 0) is 15.7 Å². The summed E-state index contributed by atoms with van der Waals surface area (Å²) in [7, 11) is 0. The Labute approximate surface area is 246 Å². The minimum Gasteiger partial charge on any atom is -0.359 e. The number of rotatable bonds is 9. The van der Waals surface area contributed by atoms with Crippen LogP contribution in [0, 0.1) is 4.91 Å². The molecule has 42 heavy (non-hydrogen) atoms. The van der Waals surface area contributed by atoms with Gasteiger partial charge in [0, 0.05) is 46.1 Å². The molecular formula is C28H31ClN7O6+. The molecule has 4 aromatic rings. The smallest absolute Gasteiger partial charge is 0.326 e. The lowest BCUT2D eigenvalue weighted by Gasteiger charge is -2.17. The van der Waals surface area contributed by atoms with Crippen molar-refractivity contribution in [2.24, 2.45) is 0 Å². The van der Waals surface area contributed by atoms with Crippen LogP contribution in [0.25, 0.3) is 0 Å². The van der Waals surface area contributed by atoms with Gasteiger partial charge in [0.25, 0.3) is 4.92 Å². The Morgan fingerprint density at radius 3 is 2.02 bits per heavy atom. The van der Waals surface area contributed by atoms with Gasteiger partial charge in [0.05, 0.1) is 16.0 Å². The van der Waals surface area contributed by atoms with Crippen LogP contribution in [0.4, 0.5) is 38.4 Å². The van der Waals surface area contributed by atoms with Crippen molar-refractivity contribution >= 4 is 52.4 Å². The zero-order valence-corrected chi connectivity index (χ0v) is 24.4. The van der Waals surface area contributed by atoms with Crippen LogP contribution in [0.15, 0.2) is 69.7 Å². The van der Waals surface area contributed by atoms with Gasteiger partial charge in [0.15, 0.2) is 12.4 Å². The molecule has 0 radical (unpaired) electrons. The summed E-state index contributed by atoms with van der Waals surface area (Å²) in [4.78, 5) is 42.9. The first-order valence-electron chi connectivity index (χ1n) is 12.8. The number of urea groups is 2. The van der Waals surface area contributed by atoms with E-state index in [2.05, 4.69) is 31.6 Å². The Hall–Kier alpha value is -4.91. The van der Waals surface area contributed by atoms with E-state index < -0.39 is 17.5 Å². The summed E-state index contributed by atoms with van der Waals surface area (Å²) >= 11 is 5.85. The zero-order valence-electron chi connectivity index (χ0n) is 23.6. The fourth-order valence-corrected chi connectivity index (χ4v) is 3.59. The van der Waals surface area contributed by atoms with E-state index in [1.807, 2.05) is 20.8 Å². The quantitative estimate of drug-likeness (QED) is 0.147. The maximum absolute atomic E-state index is 12.6. The second-order valence-corrected chi connectivity index (χ2v) is 11.5. The second-order valence-electron chi connectivity index (χ2n) is 11.0. The third-order valence-electron chi connectivity index (χ3n) is 5.91. The highest BCUT2D eigenvalue weighted by molar-refractivity contribution is 6.30. The molecule has 0 aliphatic heterocycles. The van der Waals surface area contributed by atoms with Crippen molar-refractivity contribution in [3.63, 3.8) is 0 Å². The minimum absolute atomic E-state index is 0.0455. The van der Waals surface area contributed by atoms with Gasteiger partial charge in [-0.25, -0.2) is 14.4 Å². The zero-order chi connectivity index (χ0) is 30.5. The monoisotopic (exact) mass is 596 g/mol. The fourth-order valence-electron chi connectivity index (χ4n) is 3.46.